The lowest BCUT2D eigenvalue weighted by Crippen LogP contribution is -2.46. The zero-order chi connectivity index (χ0) is 19.4. The Hall–Kier alpha value is -2.43. The fourth-order valence-corrected chi connectivity index (χ4v) is 4.51. The minimum absolute atomic E-state index is 0.0684. The van der Waals surface area contributed by atoms with E-state index < -0.39 is 0 Å². The quantitative estimate of drug-likeness (QED) is 0.679. The minimum Gasteiger partial charge on any atom is -0.396 e. The van der Waals surface area contributed by atoms with Gasteiger partial charge < -0.3 is 5.11 Å². The number of aromatic amines is 1. The van der Waals surface area contributed by atoms with E-state index in [9.17, 15) is 5.11 Å². The molecule has 2 N–H and O–H groups in total. The van der Waals surface area contributed by atoms with Crippen molar-refractivity contribution in [1.82, 2.24) is 15.1 Å². The lowest BCUT2D eigenvalue weighted by molar-refractivity contribution is 0.0288. The van der Waals surface area contributed by atoms with Gasteiger partial charge in [-0.3, -0.25) is 10.00 Å². The Balaban J connectivity index is 1.51. The van der Waals surface area contributed by atoms with E-state index in [0.29, 0.717) is 0 Å². The minimum atomic E-state index is -0.0684. The molecule has 4 rings (SSSR count). The van der Waals surface area contributed by atoms with Gasteiger partial charge in [0, 0.05) is 24.1 Å². The summed E-state index contributed by atoms with van der Waals surface area (Å²) in [6.07, 6.45) is 5.07. The first kappa shape index (κ1) is 18.9. The number of aromatic nitrogens is 2. The molecule has 0 amide bonds. The molecule has 0 bridgehead atoms. The van der Waals surface area contributed by atoms with Crippen LogP contribution in [0.4, 0.5) is 0 Å². The summed E-state index contributed by atoms with van der Waals surface area (Å²) >= 11 is 0. The van der Waals surface area contributed by atoms with E-state index in [1.807, 2.05) is 12.3 Å². The smallest absolute Gasteiger partial charge is 0.0695 e. The number of benzene rings is 2. The van der Waals surface area contributed by atoms with Crippen LogP contribution in [0.3, 0.4) is 0 Å². The van der Waals surface area contributed by atoms with Crippen LogP contribution in [0.2, 0.25) is 0 Å². The van der Waals surface area contributed by atoms with Crippen LogP contribution in [-0.4, -0.2) is 39.9 Å². The number of hydrogen-bond donors (Lipinski definition) is 2. The predicted octanol–water partition coefficient (Wildman–Crippen LogP) is 4.20. The molecule has 4 heteroatoms. The Bertz CT molecular complexity index is 905. The van der Waals surface area contributed by atoms with Gasteiger partial charge in [-0.2, -0.15) is 5.10 Å². The van der Waals surface area contributed by atoms with Gasteiger partial charge >= 0.3 is 0 Å². The number of nitrogens with one attached hydrogen (secondary N) is 1. The highest BCUT2D eigenvalue weighted by molar-refractivity contribution is 5.62. The normalized spacial score (nSPS) is 20.4. The van der Waals surface area contributed by atoms with Crippen LogP contribution in [0.5, 0.6) is 0 Å². The number of hydrogen-bond acceptors (Lipinski definition) is 3. The van der Waals surface area contributed by atoms with Crippen molar-refractivity contribution in [2.75, 3.05) is 19.7 Å². The van der Waals surface area contributed by atoms with Crippen LogP contribution >= 0.6 is 0 Å². The van der Waals surface area contributed by atoms with Crippen molar-refractivity contribution in [2.45, 2.75) is 32.7 Å². The van der Waals surface area contributed by atoms with Crippen molar-refractivity contribution in [1.29, 1.82) is 0 Å². The molecule has 0 saturated carbocycles. The number of nitrogens with zero attached hydrogens (tertiary/aromatic N) is 2. The molecule has 1 saturated heterocycles. The Morgan fingerprint density at radius 3 is 2.64 bits per heavy atom. The van der Waals surface area contributed by atoms with Crippen molar-refractivity contribution >= 4 is 0 Å². The molecule has 28 heavy (non-hydrogen) atoms. The van der Waals surface area contributed by atoms with Crippen molar-refractivity contribution in [3.63, 3.8) is 0 Å². The molecule has 146 valence electrons. The average molecular weight is 376 g/mol. The first-order chi connectivity index (χ1) is 13.7. The van der Waals surface area contributed by atoms with Gasteiger partial charge in [0.25, 0.3) is 0 Å². The largest absolute Gasteiger partial charge is 0.396 e. The third kappa shape index (κ3) is 4.03. The van der Waals surface area contributed by atoms with Gasteiger partial charge in [0.05, 0.1) is 18.5 Å². The second kappa shape index (κ2) is 8.29. The van der Waals surface area contributed by atoms with Gasteiger partial charge in [0.15, 0.2) is 0 Å². The van der Waals surface area contributed by atoms with Gasteiger partial charge in [-0.15, -0.1) is 0 Å². The summed E-state index contributed by atoms with van der Waals surface area (Å²) in [7, 11) is 0. The van der Waals surface area contributed by atoms with E-state index >= 15 is 0 Å². The van der Waals surface area contributed by atoms with Gasteiger partial charge in [-0.25, -0.2) is 0 Å². The molecule has 4 nitrogen and oxygen atoms in total. The third-order valence-corrected chi connectivity index (χ3v) is 6.08. The van der Waals surface area contributed by atoms with Crippen LogP contribution in [-0.2, 0) is 13.0 Å². The summed E-state index contributed by atoms with van der Waals surface area (Å²) in [5.74, 6) is 0. The third-order valence-electron chi connectivity index (χ3n) is 6.08. The lowest BCUT2D eigenvalue weighted by Gasteiger charge is -2.42. The van der Waals surface area contributed by atoms with Crippen molar-refractivity contribution in [3.8, 4) is 11.3 Å². The Morgan fingerprint density at radius 1 is 1.07 bits per heavy atom. The molecular weight excluding hydrogens is 346 g/mol. The topological polar surface area (TPSA) is 52.1 Å². The molecule has 3 aromatic rings. The predicted molar refractivity (Wildman–Crippen MR) is 113 cm³/mol. The molecule has 0 radical (unpaired) electrons. The van der Waals surface area contributed by atoms with Crippen LogP contribution in [0.25, 0.3) is 11.3 Å². The Morgan fingerprint density at radius 2 is 1.86 bits per heavy atom. The Kier molecular flexibility index (Phi) is 5.60. The summed E-state index contributed by atoms with van der Waals surface area (Å²) in [6, 6.07) is 18.9. The van der Waals surface area contributed by atoms with E-state index in [0.717, 1.165) is 44.6 Å². The van der Waals surface area contributed by atoms with Crippen LogP contribution < -0.4 is 0 Å². The van der Waals surface area contributed by atoms with Gasteiger partial charge in [-0.05, 0) is 49.4 Å². The first-order valence-electron chi connectivity index (χ1n) is 10.1. The molecular formula is C24H29N3O. The summed E-state index contributed by atoms with van der Waals surface area (Å²) in [5, 5.41) is 17.8. The molecule has 2 heterocycles. The highest BCUT2D eigenvalue weighted by atomic mass is 16.3. The molecule has 1 aliphatic heterocycles. The summed E-state index contributed by atoms with van der Waals surface area (Å²) in [4.78, 5) is 2.48. The molecule has 1 atom stereocenters. The lowest BCUT2D eigenvalue weighted by atomic mass is 9.75. The van der Waals surface area contributed by atoms with Gasteiger partial charge in [0.2, 0.25) is 0 Å². The first-order valence-corrected chi connectivity index (χ1v) is 10.1. The zero-order valence-electron chi connectivity index (χ0n) is 16.6. The SMILES string of the molecule is Cc1ccccc1C[C@@]1(CO)CCCN(Cc2cn[nH]c2-c2ccccc2)C1. The summed E-state index contributed by atoms with van der Waals surface area (Å²) in [6.45, 7) is 5.23. The maximum absolute atomic E-state index is 10.3. The summed E-state index contributed by atoms with van der Waals surface area (Å²) in [5.41, 5.74) is 6.08. The van der Waals surface area contributed by atoms with E-state index in [4.69, 9.17) is 0 Å². The fourth-order valence-electron chi connectivity index (χ4n) is 4.51. The fraction of sp³-hybridized carbons (Fsp3) is 0.375. The van der Waals surface area contributed by atoms with E-state index in [-0.39, 0.29) is 12.0 Å². The van der Waals surface area contributed by atoms with Gasteiger partial charge in [-0.1, -0.05) is 54.6 Å². The maximum Gasteiger partial charge on any atom is 0.0695 e. The number of likely N-dealkylation sites (tertiary alicyclic amines) is 1. The second-order valence-electron chi connectivity index (χ2n) is 8.21. The maximum atomic E-state index is 10.3. The number of piperidine rings is 1. The van der Waals surface area contributed by atoms with Crippen LogP contribution in [0.15, 0.2) is 60.8 Å². The standard InChI is InChI=1S/C24H29N3O/c1-19-8-5-6-11-21(19)14-24(18-28)12-7-13-27(17-24)16-22-15-25-26-23(22)20-9-3-2-4-10-20/h2-6,8-11,15,28H,7,12-14,16-18H2,1H3,(H,25,26)/t24-/m0/s1. The highest BCUT2D eigenvalue weighted by Gasteiger charge is 2.35. The molecule has 0 spiro atoms. The number of aryl methyl sites for hydroxylation is 1. The zero-order valence-corrected chi connectivity index (χ0v) is 16.6. The molecule has 1 aliphatic rings. The van der Waals surface area contributed by atoms with E-state index in [1.54, 1.807) is 0 Å². The second-order valence-corrected chi connectivity index (χ2v) is 8.21. The Labute approximate surface area is 167 Å². The number of aliphatic hydroxyl groups is 1. The van der Waals surface area contributed by atoms with Gasteiger partial charge in [0.1, 0.15) is 0 Å². The van der Waals surface area contributed by atoms with E-state index in [2.05, 4.69) is 70.6 Å². The average Bonchev–Trinajstić information content (AvgIpc) is 3.19. The number of aliphatic hydroxyl groups excluding tert-OH is 1. The van der Waals surface area contributed by atoms with Crippen LogP contribution in [0, 0.1) is 12.3 Å². The molecule has 0 unspecified atom stereocenters. The van der Waals surface area contributed by atoms with Crippen molar-refractivity contribution < 1.29 is 5.11 Å². The van der Waals surface area contributed by atoms with Crippen molar-refractivity contribution in [3.05, 3.63) is 77.5 Å². The van der Waals surface area contributed by atoms with E-state index in [1.165, 1.54) is 22.3 Å². The van der Waals surface area contributed by atoms with Crippen LogP contribution in [0.1, 0.15) is 29.5 Å². The van der Waals surface area contributed by atoms with Crippen molar-refractivity contribution in [2.24, 2.45) is 5.41 Å². The monoisotopic (exact) mass is 375 g/mol. The molecule has 0 aliphatic carbocycles. The number of rotatable bonds is 6. The molecule has 1 aromatic heterocycles. The molecule has 2 aromatic carbocycles. The highest BCUT2D eigenvalue weighted by Crippen LogP contribution is 2.35. The molecule has 1 fully saturated rings. The number of H-pyrrole nitrogens is 1. The summed E-state index contributed by atoms with van der Waals surface area (Å²) < 4.78 is 0.